The van der Waals surface area contributed by atoms with Crippen molar-refractivity contribution in [1.29, 1.82) is 0 Å². The Morgan fingerprint density at radius 2 is 2.24 bits per heavy atom. The van der Waals surface area contributed by atoms with Crippen LogP contribution in [-0.4, -0.2) is 46.5 Å². The second kappa shape index (κ2) is 6.72. The fourth-order valence-electron chi connectivity index (χ4n) is 4.35. The largest absolute Gasteiger partial charge is 0.383 e. The lowest BCUT2D eigenvalue weighted by Gasteiger charge is -2.47. The average Bonchev–Trinajstić information content (AvgIpc) is 3.07. The number of hydrogen-bond donors (Lipinski definition) is 3. The van der Waals surface area contributed by atoms with E-state index in [-0.39, 0.29) is 5.54 Å². The zero-order valence-corrected chi connectivity index (χ0v) is 15.1. The summed E-state index contributed by atoms with van der Waals surface area (Å²) in [6, 6.07) is 2.09. The van der Waals surface area contributed by atoms with E-state index in [4.69, 9.17) is 18.0 Å². The number of nitrogens with zero attached hydrogens (tertiary/aromatic N) is 3. The summed E-state index contributed by atoms with van der Waals surface area (Å²) < 4.78 is 0. The molecule has 2 aromatic rings. The minimum absolute atomic E-state index is 0.247. The van der Waals surface area contributed by atoms with Crippen LogP contribution < -0.4 is 16.0 Å². The van der Waals surface area contributed by atoms with Crippen LogP contribution >= 0.6 is 12.2 Å². The summed E-state index contributed by atoms with van der Waals surface area (Å²) in [5, 5.41) is 4.84. The first-order valence-electron chi connectivity index (χ1n) is 8.96. The summed E-state index contributed by atoms with van der Waals surface area (Å²) in [7, 11) is 0. The predicted octanol–water partition coefficient (Wildman–Crippen LogP) is 2.34. The Morgan fingerprint density at radius 3 is 3.04 bits per heavy atom. The number of hydrogen-bond acceptors (Lipinski definition) is 4. The minimum atomic E-state index is 0.247. The van der Waals surface area contributed by atoms with Gasteiger partial charge >= 0.3 is 0 Å². The maximum Gasteiger partial charge on any atom is 0.140 e. The van der Waals surface area contributed by atoms with E-state index in [9.17, 15) is 0 Å². The summed E-state index contributed by atoms with van der Waals surface area (Å²) in [5.74, 6) is 0.429. The lowest BCUT2D eigenvalue weighted by molar-refractivity contribution is 0.216. The van der Waals surface area contributed by atoms with Crippen LogP contribution in [0.4, 0.5) is 5.69 Å². The number of nitrogens with one attached hydrogen (secondary N) is 2. The molecular weight excluding hydrogens is 332 g/mol. The number of nitrogens with two attached hydrogens (primary N) is 1. The quantitative estimate of drug-likeness (QED) is 0.447. The zero-order valence-electron chi connectivity index (χ0n) is 14.3. The van der Waals surface area contributed by atoms with Crippen LogP contribution in [-0.2, 0) is 0 Å². The number of fused-ring (bicyclic) bond motifs is 1. The lowest BCUT2D eigenvalue weighted by Crippen LogP contribution is -2.59. The number of thiocarbonyl (C=S) groups is 1. The molecule has 132 valence electrons. The van der Waals surface area contributed by atoms with E-state index in [0.717, 1.165) is 36.2 Å². The van der Waals surface area contributed by atoms with E-state index in [1.807, 2.05) is 12.4 Å². The number of aromatic amines is 1. The van der Waals surface area contributed by atoms with Crippen molar-refractivity contribution < 1.29 is 0 Å². The van der Waals surface area contributed by atoms with Gasteiger partial charge < -0.3 is 20.9 Å². The standard InChI is InChI=1S/C18H24N6S/c19-16(22-12-25)13-10-21-17-15(13)14(4-8-20-17)24-9-3-6-18(11-24)5-1-2-7-23-18/h4,8,10,12,23H,1-3,5-7,9,11H2,(H,20,21)(H2,19,22,25)/t18-/m0/s1. The number of aromatic nitrogens is 2. The highest BCUT2D eigenvalue weighted by Gasteiger charge is 2.36. The molecule has 7 heteroatoms. The Morgan fingerprint density at radius 1 is 1.36 bits per heavy atom. The molecule has 2 aliphatic rings. The Labute approximate surface area is 152 Å². The van der Waals surface area contributed by atoms with Crippen LogP contribution in [0, 0.1) is 0 Å². The van der Waals surface area contributed by atoms with Crippen molar-refractivity contribution in [3.05, 3.63) is 24.0 Å². The molecule has 0 radical (unpaired) electrons. The summed E-state index contributed by atoms with van der Waals surface area (Å²) in [4.78, 5) is 14.2. The lowest BCUT2D eigenvalue weighted by atomic mass is 9.81. The van der Waals surface area contributed by atoms with Gasteiger partial charge in [-0.05, 0) is 38.3 Å². The number of rotatable bonds is 3. The van der Waals surface area contributed by atoms with Crippen molar-refractivity contribution in [2.45, 2.75) is 37.6 Å². The van der Waals surface area contributed by atoms with Crippen molar-refractivity contribution in [2.24, 2.45) is 10.7 Å². The van der Waals surface area contributed by atoms with Crippen molar-refractivity contribution in [3.8, 4) is 0 Å². The smallest absolute Gasteiger partial charge is 0.140 e. The van der Waals surface area contributed by atoms with Crippen molar-refractivity contribution in [2.75, 3.05) is 24.5 Å². The third-order valence-electron chi connectivity index (χ3n) is 5.52. The molecule has 0 amide bonds. The summed E-state index contributed by atoms with van der Waals surface area (Å²) in [6.07, 6.45) is 10.0. The molecule has 0 aromatic carbocycles. The Kier molecular flexibility index (Phi) is 4.43. The maximum absolute atomic E-state index is 6.12. The van der Waals surface area contributed by atoms with Gasteiger partial charge in [-0.25, -0.2) is 9.98 Å². The molecule has 25 heavy (non-hydrogen) atoms. The molecule has 0 bridgehead atoms. The molecule has 0 aliphatic carbocycles. The molecule has 2 aromatic heterocycles. The second-order valence-corrected chi connectivity index (χ2v) is 7.28. The number of pyridine rings is 1. The monoisotopic (exact) mass is 356 g/mol. The Bertz CT molecular complexity index is 799. The number of anilines is 1. The summed E-state index contributed by atoms with van der Waals surface area (Å²) in [6.45, 7) is 3.21. The van der Waals surface area contributed by atoms with Crippen LogP contribution in [0.2, 0.25) is 0 Å². The highest BCUT2D eigenvalue weighted by molar-refractivity contribution is 7.78. The van der Waals surface area contributed by atoms with Gasteiger partial charge in [-0.1, -0.05) is 18.6 Å². The fourth-order valence-corrected chi connectivity index (χ4v) is 4.46. The zero-order chi connectivity index (χ0) is 17.3. The molecule has 1 spiro atoms. The first-order chi connectivity index (χ1) is 12.2. The topological polar surface area (TPSA) is 82.3 Å². The van der Waals surface area contributed by atoms with Gasteiger partial charge in [0, 0.05) is 36.6 Å². The number of aliphatic imine (C=N–C) groups is 1. The van der Waals surface area contributed by atoms with Gasteiger partial charge in [-0.3, -0.25) is 0 Å². The highest BCUT2D eigenvalue weighted by Crippen LogP contribution is 2.35. The number of amidine groups is 1. The van der Waals surface area contributed by atoms with Gasteiger partial charge in [0.15, 0.2) is 0 Å². The SMILES string of the molecule is NC(=NC=S)c1c[nH]c2nccc(N3CCC[C@@]4(CCCCN4)C3)c12. The van der Waals surface area contributed by atoms with Crippen LogP contribution in [0.1, 0.15) is 37.7 Å². The average molecular weight is 356 g/mol. The number of H-pyrrole nitrogens is 1. The van der Waals surface area contributed by atoms with E-state index in [1.54, 1.807) is 0 Å². The van der Waals surface area contributed by atoms with Crippen molar-refractivity contribution in [1.82, 2.24) is 15.3 Å². The second-order valence-electron chi connectivity index (χ2n) is 7.07. The summed E-state index contributed by atoms with van der Waals surface area (Å²) >= 11 is 4.83. The molecule has 0 unspecified atom stereocenters. The molecular formula is C18H24N6S. The van der Waals surface area contributed by atoms with Gasteiger partial charge in [0.2, 0.25) is 0 Å². The van der Waals surface area contributed by atoms with Crippen LogP contribution in [0.3, 0.4) is 0 Å². The highest BCUT2D eigenvalue weighted by atomic mass is 32.1. The van der Waals surface area contributed by atoms with Crippen LogP contribution in [0.25, 0.3) is 11.0 Å². The molecule has 0 saturated carbocycles. The number of piperidine rings is 2. The van der Waals surface area contributed by atoms with E-state index in [2.05, 4.69) is 31.2 Å². The molecule has 2 aliphatic heterocycles. The van der Waals surface area contributed by atoms with E-state index >= 15 is 0 Å². The van der Waals surface area contributed by atoms with E-state index in [0.29, 0.717) is 5.84 Å². The third-order valence-corrected chi connectivity index (χ3v) is 5.62. The van der Waals surface area contributed by atoms with Gasteiger partial charge in [0.05, 0.1) is 16.6 Å². The first kappa shape index (κ1) is 16.5. The molecule has 6 nitrogen and oxygen atoms in total. The predicted molar refractivity (Wildman–Crippen MR) is 107 cm³/mol. The fraction of sp³-hybridized carbons (Fsp3) is 0.500. The maximum atomic E-state index is 6.12. The minimum Gasteiger partial charge on any atom is -0.383 e. The van der Waals surface area contributed by atoms with Gasteiger partial charge in [-0.2, -0.15) is 0 Å². The summed E-state index contributed by atoms with van der Waals surface area (Å²) in [5.41, 5.74) is 10.6. The first-order valence-corrected chi connectivity index (χ1v) is 9.43. The molecule has 1 atom stereocenters. The Balaban J connectivity index is 1.74. The van der Waals surface area contributed by atoms with Crippen LogP contribution in [0.15, 0.2) is 23.5 Å². The molecule has 2 saturated heterocycles. The molecule has 2 fully saturated rings. The van der Waals surface area contributed by atoms with E-state index < -0.39 is 0 Å². The van der Waals surface area contributed by atoms with Gasteiger partial charge in [0.1, 0.15) is 11.5 Å². The van der Waals surface area contributed by atoms with Crippen LogP contribution in [0.5, 0.6) is 0 Å². The molecule has 4 heterocycles. The Hall–Kier alpha value is -1.99. The molecule has 4 rings (SSSR count). The van der Waals surface area contributed by atoms with Crippen molar-refractivity contribution >= 4 is 40.3 Å². The normalized spacial score (nSPS) is 24.8. The van der Waals surface area contributed by atoms with Gasteiger partial charge in [-0.15, -0.1) is 0 Å². The molecule has 4 N–H and O–H groups in total. The third kappa shape index (κ3) is 3.02. The van der Waals surface area contributed by atoms with Gasteiger partial charge in [0.25, 0.3) is 0 Å². The van der Waals surface area contributed by atoms with Crippen molar-refractivity contribution in [3.63, 3.8) is 0 Å². The van der Waals surface area contributed by atoms with E-state index in [1.165, 1.54) is 43.3 Å².